The molecule has 0 bridgehead atoms. The fourth-order valence-corrected chi connectivity index (χ4v) is 4.16. The van der Waals surface area contributed by atoms with E-state index < -0.39 is 24.9 Å². The van der Waals surface area contributed by atoms with Gasteiger partial charge in [0, 0.05) is 19.6 Å². The number of likely N-dealkylation sites (tertiary alicyclic amines) is 1. The fourth-order valence-electron chi connectivity index (χ4n) is 4.16. The van der Waals surface area contributed by atoms with E-state index in [0.29, 0.717) is 37.3 Å². The third-order valence-corrected chi connectivity index (χ3v) is 6.06. The summed E-state index contributed by atoms with van der Waals surface area (Å²) in [6.45, 7) is 1.47. The van der Waals surface area contributed by atoms with E-state index in [0.717, 1.165) is 31.5 Å². The Morgan fingerprint density at radius 2 is 1.72 bits per heavy atom. The number of nitrogens with one attached hydrogen (secondary N) is 1. The molecule has 1 aliphatic rings. The van der Waals surface area contributed by atoms with Crippen molar-refractivity contribution in [3.8, 4) is 5.75 Å². The molecular formula is C27H35F3N2O4. The zero-order valence-electron chi connectivity index (χ0n) is 20.4. The molecule has 0 radical (unpaired) electrons. The summed E-state index contributed by atoms with van der Waals surface area (Å²) in [5.74, 6) is 0.444. The van der Waals surface area contributed by atoms with Crippen molar-refractivity contribution in [2.24, 2.45) is 0 Å². The number of rotatable bonds is 14. The lowest BCUT2D eigenvalue weighted by Gasteiger charge is -2.29. The summed E-state index contributed by atoms with van der Waals surface area (Å²) in [4.78, 5) is 14.8. The molecule has 1 aliphatic heterocycles. The van der Waals surface area contributed by atoms with Crippen molar-refractivity contribution < 1.29 is 32.5 Å². The van der Waals surface area contributed by atoms with Crippen molar-refractivity contribution in [1.29, 1.82) is 0 Å². The smallest absolute Gasteiger partial charge is 0.411 e. The van der Waals surface area contributed by atoms with Gasteiger partial charge in [0.25, 0.3) is 0 Å². The number of aliphatic hydroxyl groups excluding tert-OH is 1. The molecule has 0 unspecified atom stereocenters. The first-order valence-corrected chi connectivity index (χ1v) is 12.4. The first-order valence-electron chi connectivity index (χ1n) is 12.4. The second-order valence-electron chi connectivity index (χ2n) is 9.09. The van der Waals surface area contributed by atoms with E-state index in [1.807, 2.05) is 30.3 Å². The summed E-state index contributed by atoms with van der Waals surface area (Å²) < 4.78 is 46.8. The lowest BCUT2D eigenvalue weighted by Crippen LogP contribution is -2.46. The van der Waals surface area contributed by atoms with E-state index in [1.54, 1.807) is 24.3 Å². The van der Waals surface area contributed by atoms with Gasteiger partial charge in [-0.1, -0.05) is 42.5 Å². The number of carbonyl (C=O) groups is 1. The Bertz CT molecular complexity index is 903. The highest BCUT2D eigenvalue weighted by atomic mass is 19.4. The number of hydrogen-bond acceptors (Lipinski definition) is 5. The average Bonchev–Trinajstić information content (AvgIpc) is 3.37. The zero-order chi connectivity index (χ0) is 25.8. The van der Waals surface area contributed by atoms with Crippen LogP contribution in [0.1, 0.15) is 49.3 Å². The topological polar surface area (TPSA) is 71.0 Å². The Labute approximate surface area is 210 Å². The van der Waals surface area contributed by atoms with Crippen molar-refractivity contribution in [1.82, 2.24) is 10.2 Å². The summed E-state index contributed by atoms with van der Waals surface area (Å²) in [5.41, 5.74) is 1.73. The molecule has 2 aromatic rings. The van der Waals surface area contributed by atoms with Gasteiger partial charge in [-0.2, -0.15) is 13.2 Å². The number of alkyl halides is 3. The van der Waals surface area contributed by atoms with Gasteiger partial charge >= 0.3 is 6.18 Å². The molecular weight excluding hydrogens is 473 g/mol. The monoisotopic (exact) mass is 508 g/mol. The summed E-state index contributed by atoms with van der Waals surface area (Å²) in [6.07, 6.45) is -2.16. The highest BCUT2D eigenvalue weighted by molar-refractivity contribution is 5.76. The molecule has 1 heterocycles. The highest BCUT2D eigenvalue weighted by Gasteiger charge is 2.28. The van der Waals surface area contributed by atoms with Crippen LogP contribution in [-0.4, -0.2) is 61.0 Å². The third-order valence-electron chi connectivity index (χ3n) is 6.06. The normalized spacial score (nSPS) is 16.0. The molecule has 198 valence electrons. The summed E-state index contributed by atoms with van der Waals surface area (Å²) >= 11 is 0. The molecule has 1 amide bonds. The van der Waals surface area contributed by atoms with Crippen LogP contribution in [0.5, 0.6) is 5.75 Å². The van der Waals surface area contributed by atoms with E-state index in [-0.39, 0.29) is 18.9 Å². The molecule has 0 spiro atoms. The summed E-state index contributed by atoms with van der Waals surface area (Å²) in [7, 11) is 0. The number of aliphatic hydroxyl groups is 1. The van der Waals surface area contributed by atoms with Crippen molar-refractivity contribution in [2.45, 2.75) is 57.0 Å². The minimum atomic E-state index is -4.34. The standard InChI is InChI=1S/C27H35F3N2O4/c28-27(29,30)20-35-17-7-4-10-25(33)31-24(18-32-15-5-6-16-32)26(34)22-11-13-23(14-12-22)36-19-21-8-2-1-3-9-21/h1-3,8-9,11-14,24,26,34H,4-7,10,15-20H2,(H,31,33)/t24-,26-/m1/s1. The maximum Gasteiger partial charge on any atom is 0.411 e. The van der Waals surface area contributed by atoms with Crippen molar-refractivity contribution in [3.05, 3.63) is 65.7 Å². The van der Waals surface area contributed by atoms with Gasteiger partial charge in [-0.25, -0.2) is 0 Å². The molecule has 2 aromatic carbocycles. The lowest BCUT2D eigenvalue weighted by atomic mass is 10.0. The summed E-state index contributed by atoms with van der Waals surface area (Å²) in [6, 6.07) is 16.5. The van der Waals surface area contributed by atoms with E-state index >= 15 is 0 Å². The molecule has 9 heteroatoms. The van der Waals surface area contributed by atoms with Crippen LogP contribution in [0.3, 0.4) is 0 Å². The number of halogens is 3. The number of amides is 1. The van der Waals surface area contributed by atoms with E-state index in [4.69, 9.17) is 4.74 Å². The Kier molecular flexibility index (Phi) is 11.0. The van der Waals surface area contributed by atoms with Gasteiger partial charge in [-0.3, -0.25) is 4.79 Å². The van der Waals surface area contributed by atoms with Crippen molar-refractivity contribution in [2.75, 3.05) is 32.8 Å². The lowest BCUT2D eigenvalue weighted by molar-refractivity contribution is -0.174. The quantitative estimate of drug-likeness (QED) is 0.364. The minimum absolute atomic E-state index is 0.0503. The third kappa shape index (κ3) is 10.2. The molecule has 2 atom stereocenters. The second kappa shape index (κ2) is 14.2. The Balaban J connectivity index is 1.50. The zero-order valence-corrected chi connectivity index (χ0v) is 20.4. The number of benzene rings is 2. The van der Waals surface area contributed by atoms with E-state index in [1.165, 1.54) is 0 Å². The van der Waals surface area contributed by atoms with Gasteiger partial charge in [0.1, 0.15) is 25.1 Å². The Morgan fingerprint density at radius 1 is 1.03 bits per heavy atom. The molecule has 0 saturated carbocycles. The van der Waals surface area contributed by atoms with Crippen LogP contribution in [0.4, 0.5) is 13.2 Å². The largest absolute Gasteiger partial charge is 0.489 e. The van der Waals surface area contributed by atoms with Gasteiger partial charge in [-0.05, 0) is 62.0 Å². The maximum absolute atomic E-state index is 12.5. The maximum atomic E-state index is 12.5. The van der Waals surface area contributed by atoms with Gasteiger partial charge in [0.2, 0.25) is 5.91 Å². The predicted molar refractivity (Wildman–Crippen MR) is 131 cm³/mol. The van der Waals surface area contributed by atoms with Crippen LogP contribution >= 0.6 is 0 Å². The van der Waals surface area contributed by atoms with E-state index in [9.17, 15) is 23.1 Å². The molecule has 3 rings (SSSR count). The molecule has 36 heavy (non-hydrogen) atoms. The van der Waals surface area contributed by atoms with Gasteiger partial charge < -0.3 is 24.8 Å². The molecule has 0 aliphatic carbocycles. The van der Waals surface area contributed by atoms with Gasteiger partial charge in [0.05, 0.1) is 6.04 Å². The van der Waals surface area contributed by atoms with Crippen molar-refractivity contribution >= 4 is 5.91 Å². The first-order chi connectivity index (χ1) is 17.3. The van der Waals surface area contributed by atoms with Crippen LogP contribution in [0.15, 0.2) is 54.6 Å². The number of carbonyl (C=O) groups excluding carboxylic acids is 1. The molecule has 2 N–H and O–H groups in total. The predicted octanol–water partition coefficient (Wildman–Crippen LogP) is 4.63. The van der Waals surface area contributed by atoms with Crippen LogP contribution in [-0.2, 0) is 16.1 Å². The minimum Gasteiger partial charge on any atom is -0.489 e. The van der Waals surface area contributed by atoms with Crippen LogP contribution < -0.4 is 10.1 Å². The van der Waals surface area contributed by atoms with Gasteiger partial charge in [0.15, 0.2) is 0 Å². The summed E-state index contributed by atoms with van der Waals surface area (Å²) in [5, 5.41) is 14.0. The molecule has 1 saturated heterocycles. The van der Waals surface area contributed by atoms with Crippen LogP contribution in [0.2, 0.25) is 0 Å². The molecule has 1 fully saturated rings. The number of nitrogens with zero attached hydrogens (tertiary/aromatic N) is 1. The second-order valence-corrected chi connectivity index (χ2v) is 9.09. The molecule has 6 nitrogen and oxygen atoms in total. The van der Waals surface area contributed by atoms with Crippen LogP contribution in [0.25, 0.3) is 0 Å². The van der Waals surface area contributed by atoms with Gasteiger partial charge in [-0.15, -0.1) is 0 Å². The number of hydrogen-bond donors (Lipinski definition) is 2. The number of ether oxygens (including phenoxy) is 2. The van der Waals surface area contributed by atoms with Crippen LogP contribution in [0, 0.1) is 0 Å². The van der Waals surface area contributed by atoms with E-state index in [2.05, 4.69) is 15.0 Å². The molecule has 0 aromatic heterocycles. The number of unbranched alkanes of at least 4 members (excludes halogenated alkanes) is 1. The Morgan fingerprint density at radius 3 is 2.39 bits per heavy atom. The fraction of sp³-hybridized carbons (Fsp3) is 0.519. The first kappa shape index (κ1) is 28.0. The Hall–Kier alpha value is -2.62. The SMILES string of the molecule is O=C(CCCCOCC(F)(F)F)N[C@H](CN1CCCC1)[C@H](O)c1ccc(OCc2ccccc2)cc1. The highest BCUT2D eigenvalue weighted by Crippen LogP contribution is 2.23. The van der Waals surface area contributed by atoms with Crippen molar-refractivity contribution in [3.63, 3.8) is 0 Å². The average molecular weight is 509 g/mol.